The third kappa shape index (κ3) is 3.43. The van der Waals surface area contributed by atoms with E-state index < -0.39 is 6.10 Å². The Balaban J connectivity index is 2.51. The molecule has 1 atom stereocenters. The van der Waals surface area contributed by atoms with E-state index >= 15 is 0 Å². The SMILES string of the molecule is CCCCCC(O)c1cc(Cl)sc1Cl. The highest BCUT2D eigenvalue weighted by Crippen LogP contribution is 2.36. The maximum atomic E-state index is 9.80. The van der Waals surface area contributed by atoms with Crippen LogP contribution < -0.4 is 0 Å². The maximum absolute atomic E-state index is 9.80. The molecule has 0 fully saturated rings. The minimum atomic E-state index is -0.460. The summed E-state index contributed by atoms with van der Waals surface area (Å²) in [4.78, 5) is 0. The van der Waals surface area contributed by atoms with Gasteiger partial charge in [0.1, 0.15) is 4.34 Å². The van der Waals surface area contributed by atoms with E-state index in [4.69, 9.17) is 23.2 Å². The van der Waals surface area contributed by atoms with Crippen molar-refractivity contribution in [1.82, 2.24) is 0 Å². The number of rotatable bonds is 5. The Kier molecular flexibility index (Phi) is 5.24. The molecule has 0 aliphatic rings. The number of halogens is 2. The molecular weight excluding hydrogens is 239 g/mol. The Hall–Kier alpha value is 0.240. The van der Waals surface area contributed by atoms with Gasteiger partial charge in [-0.15, -0.1) is 11.3 Å². The molecule has 0 amide bonds. The molecule has 0 aromatic carbocycles. The van der Waals surface area contributed by atoms with Gasteiger partial charge in [-0.25, -0.2) is 0 Å². The van der Waals surface area contributed by atoms with Gasteiger partial charge in [0.05, 0.1) is 10.4 Å². The van der Waals surface area contributed by atoms with Crippen molar-refractivity contribution in [3.63, 3.8) is 0 Å². The molecule has 1 nitrogen and oxygen atoms in total. The zero-order valence-corrected chi connectivity index (χ0v) is 10.4. The molecule has 0 saturated carbocycles. The van der Waals surface area contributed by atoms with Gasteiger partial charge in [0.15, 0.2) is 0 Å². The summed E-state index contributed by atoms with van der Waals surface area (Å²) in [5, 5.41) is 9.80. The predicted molar refractivity (Wildman–Crippen MR) is 63.4 cm³/mol. The Labute approximate surface area is 98.7 Å². The number of aliphatic hydroxyl groups is 1. The molecule has 0 radical (unpaired) electrons. The number of hydrogen-bond donors (Lipinski definition) is 1. The van der Waals surface area contributed by atoms with Gasteiger partial charge in [0.2, 0.25) is 0 Å². The summed E-state index contributed by atoms with van der Waals surface area (Å²) in [6, 6.07) is 1.76. The molecule has 1 rings (SSSR count). The van der Waals surface area contributed by atoms with Gasteiger partial charge in [-0.1, -0.05) is 49.4 Å². The van der Waals surface area contributed by atoms with Crippen LogP contribution in [0.15, 0.2) is 6.07 Å². The molecule has 1 aromatic heterocycles. The van der Waals surface area contributed by atoms with Crippen LogP contribution >= 0.6 is 34.5 Å². The van der Waals surface area contributed by atoms with E-state index in [-0.39, 0.29) is 0 Å². The second-order valence-corrected chi connectivity index (χ2v) is 5.58. The van der Waals surface area contributed by atoms with E-state index in [2.05, 4.69) is 6.92 Å². The van der Waals surface area contributed by atoms with Gasteiger partial charge in [-0.2, -0.15) is 0 Å². The van der Waals surface area contributed by atoms with Crippen molar-refractivity contribution >= 4 is 34.5 Å². The van der Waals surface area contributed by atoms with Crippen LogP contribution in [0.5, 0.6) is 0 Å². The first kappa shape index (κ1) is 12.3. The number of thiophene rings is 1. The van der Waals surface area contributed by atoms with Crippen molar-refractivity contribution in [2.24, 2.45) is 0 Å². The van der Waals surface area contributed by atoms with Gasteiger partial charge in [0, 0.05) is 5.56 Å². The van der Waals surface area contributed by atoms with Crippen molar-refractivity contribution in [3.8, 4) is 0 Å². The monoisotopic (exact) mass is 252 g/mol. The number of hydrogen-bond acceptors (Lipinski definition) is 2. The first-order chi connectivity index (χ1) is 6.65. The van der Waals surface area contributed by atoms with Crippen LogP contribution in [0.2, 0.25) is 8.67 Å². The smallest absolute Gasteiger partial charge is 0.100 e. The molecule has 0 saturated heterocycles. The fourth-order valence-corrected chi connectivity index (χ4v) is 2.89. The Morgan fingerprint density at radius 1 is 1.43 bits per heavy atom. The molecule has 80 valence electrons. The molecule has 1 aromatic rings. The second kappa shape index (κ2) is 5.96. The molecule has 0 aliphatic carbocycles. The summed E-state index contributed by atoms with van der Waals surface area (Å²) in [7, 11) is 0. The quantitative estimate of drug-likeness (QED) is 0.756. The average molecular weight is 253 g/mol. The second-order valence-electron chi connectivity index (χ2n) is 3.29. The zero-order chi connectivity index (χ0) is 10.6. The first-order valence-corrected chi connectivity index (χ1v) is 6.35. The largest absolute Gasteiger partial charge is 0.388 e. The van der Waals surface area contributed by atoms with Crippen LogP contribution in [0.25, 0.3) is 0 Å². The van der Waals surface area contributed by atoms with E-state index in [0.29, 0.717) is 8.67 Å². The first-order valence-electron chi connectivity index (χ1n) is 4.78. The zero-order valence-electron chi connectivity index (χ0n) is 8.09. The number of aliphatic hydroxyl groups excluding tert-OH is 1. The van der Waals surface area contributed by atoms with E-state index in [0.717, 1.165) is 31.2 Å². The lowest BCUT2D eigenvalue weighted by molar-refractivity contribution is 0.164. The van der Waals surface area contributed by atoms with Crippen LogP contribution in [0, 0.1) is 0 Å². The highest BCUT2D eigenvalue weighted by Gasteiger charge is 2.14. The lowest BCUT2D eigenvalue weighted by atomic mass is 10.1. The maximum Gasteiger partial charge on any atom is 0.100 e. The normalized spacial score (nSPS) is 13.1. The molecule has 4 heteroatoms. The van der Waals surface area contributed by atoms with Crippen molar-refractivity contribution < 1.29 is 5.11 Å². The highest BCUT2D eigenvalue weighted by molar-refractivity contribution is 7.20. The van der Waals surface area contributed by atoms with E-state index in [1.54, 1.807) is 6.07 Å². The van der Waals surface area contributed by atoms with Gasteiger partial charge >= 0.3 is 0 Å². The van der Waals surface area contributed by atoms with Gasteiger partial charge in [0.25, 0.3) is 0 Å². The fourth-order valence-electron chi connectivity index (χ4n) is 1.32. The summed E-state index contributed by atoms with van der Waals surface area (Å²) in [5.41, 5.74) is 0.776. The van der Waals surface area contributed by atoms with Gasteiger partial charge in [-0.05, 0) is 12.5 Å². The average Bonchev–Trinajstić information content (AvgIpc) is 2.45. The van der Waals surface area contributed by atoms with Crippen LogP contribution in [0.3, 0.4) is 0 Å². The van der Waals surface area contributed by atoms with Crippen molar-refractivity contribution in [3.05, 3.63) is 20.3 Å². The van der Waals surface area contributed by atoms with Crippen LogP contribution in [0.4, 0.5) is 0 Å². The molecule has 0 spiro atoms. The Morgan fingerprint density at radius 3 is 2.64 bits per heavy atom. The van der Waals surface area contributed by atoms with Crippen molar-refractivity contribution in [2.75, 3.05) is 0 Å². The molecule has 1 N–H and O–H groups in total. The van der Waals surface area contributed by atoms with Crippen molar-refractivity contribution in [2.45, 2.75) is 38.7 Å². The summed E-state index contributed by atoms with van der Waals surface area (Å²) < 4.78 is 1.25. The molecule has 1 heterocycles. The standard InChI is InChI=1S/C10H14Cl2OS/c1-2-3-4-5-8(13)7-6-9(11)14-10(7)12/h6,8,13H,2-5H2,1H3. The Morgan fingerprint density at radius 2 is 2.14 bits per heavy atom. The Bertz CT molecular complexity index is 286. The summed E-state index contributed by atoms with van der Waals surface area (Å²) >= 11 is 13.0. The topological polar surface area (TPSA) is 20.2 Å². The van der Waals surface area contributed by atoms with Gasteiger partial charge < -0.3 is 5.11 Å². The van der Waals surface area contributed by atoms with Crippen LogP contribution in [-0.2, 0) is 0 Å². The van der Waals surface area contributed by atoms with E-state index in [9.17, 15) is 5.11 Å². The summed E-state index contributed by atoms with van der Waals surface area (Å²) in [5.74, 6) is 0. The molecule has 0 bridgehead atoms. The summed E-state index contributed by atoms with van der Waals surface area (Å²) in [6.45, 7) is 2.14. The highest BCUT2D eigenvalue weighted by atomic mass is 35.5. The fraction of sp³-hybridized carbons (Fsp3) is 0.600. The lowest BCUT2D eigenvalue weighted by Crippen LogP contribution is -1.95. The van der Waals surface area contributed by atoms with Gasteiger partial charge in [-0.3, -0.25) is 0 Å². The van der Waals surface area contributed by atoms with Crippen LogP contribution in [-0.4, -0.2) is 5.11 Å². The third-order valence-electron chi connectivity index (χ3n) is 2.12. The number of unbranched alkanes of at least 4 members (excludes halogenated alkanes) is 2. The minimum Gasteiger partial charge on any atom is -0.388 e. The molecule has 1 unspecified atom stereocenters. The van der Waals surface area contributed by atoms with Crippen molar-refractivity contribution in [1.29, 1.82) is 0 Å². The third-order valence-corrected chi connectivity index (χ3v) is 3.64. The molecule has 14 heavy (non-hydrogen) atoms. The van der Waals surface area contributed by atoms with E-state index in [1.165, 1.54) is 11.3 Å². The summed E-state index contributed by atoms with van der Waals surface area (Å²) in [6.07, 6.45) is 3.64. The molecule has 0 aliphatic heterocycles. The van der Waals surface area contributed by atoms with E-state index in [1.807, 2.05) is 0 Å². The predicted octanol–water partition coefficient (Wildman–Crippen LogP) is 4.67. The van der Waals surface area contributed by atoms with Crippen LogP contribution in [0.1, 0.15) is 44.3 Å². The lowest BCUT2D eigenvalue weighted by Gasteiger charge is -2.08. The minimum absolute atomic E-state index is 0.460. The molecular formula is C10H14Cl2OS.